The van der Waals surface area contributed by atoms with Crippen LogP contribution in [0.2, 0.25) is 0 Å². The quantitative estimate of drug-likeness (QED) is 0.586. The zero-order valence-corrected chi connectivity index (χ0v) is 11.5. The lowest BCUT2D eigenvalue weighted by atomic mass is 9.64. The van der Waals surface area contributed by atoms with Crippen LogP contribution in [0.5, 0.6) is 0 Å². The molecule has 17 heavy (non-hydrogen) atoms. The molecule has 0 spiro atoms. The molecule has 4 atom stereocenters. The van der Waals surface area contributed by atoms with Crippen LogP contribution < -0.4 is 11.3 Å². The number of hydrogen-bond donors (Lipinski definition) is 2. The monoisotopic (exact) mass is 240 g/mol. The van der Waals surface area contributed by atoms with Crippen molar-refractivity contribution in [1.82, 2.24) is 5.43 Å². The van der Waals surface area contributed by atoms with Crippen LogP contribution >= 0.6 is 0 Å². The first-order valence-electron chi connectivity index (χ1n) is 7.14. The molecule has 2 aliphatic rings. The van der Waals surface area contributed by atoms with Crippen molar-refractivity contribution >= 4 is 0 Å². The second kappa shape index (κ2) is 5.25. The van der Waals surface area contributed by atoms with Gasteiger partial charge in [0.2, 0.25) is 0 Å². The number of methoxy groups -OCH3 is 1. The fourth-order valence-electron chi connectivity index (χ4n) is 3.78. The van der Waals surface area contributed by atoms with Gasteiger partial charge in [-0.3, -0.25) is 11.3 Å². The maximum atomic E-state index is 5.82. The van der Waals surface area contributed by atoms with E-state index in [9.17, 15) is 0 Å². The van der Waals surface area contributed by atoms with Gasteiger partial charge in [0.25, 0.3) is 0 Å². The van der Waals surface area contributed by atoms with Crippen LogP contribution in [0.15, 0.2) is 0 Å². The fourth-order valence-corrected chi connectivity index (χ4v) is 3.78. The minimum Gasteiger partial charge on any atom is -0.377 e. The van der Waals surface area contributed by atoms with E-state index in [0.717, 1.165) is 11.8 Å². The lowest BCUT2D eigenvalue weighted by Crippen LogP contribution is -2.62. The van der Waals surface area contributed by atoms with E-state index in [1.165, 1.54) is 38.5 Å². The Hall–Kier alpha value is -0.120. The molecule has 3 nitrogen and oxygen atoms in total. The van der Waals surface area contributed by atoms with E-state index in [4.69, 9.17) is 10.6 Å². The molecule has 0 heterocycles. The Morgan fingerprint density at radius 1 is 1.24 bits per heavy atom. The van der Waals surface area contributed by atoms with Gasteiger partial charge >= 0.3 is 0 Å². The minimum absolute atomic E-state index is 0.0275. The number of nitrogens with two attached hydrogens (primary N) is 1. The smallest absolute Gasteiger partial charge is 0.0847 e. The summed E-state index contributed by atoms with van der Waals surface area (Å²) >= 11 is 0. The molecule has 0 aromatic heterocycles. The number of rotatable bonds is 4. The molecule has 0 radical (unpaired) electrons. The van der Waals surface area contributed by atoms with Crippen molar-refractivity contribution in [1.29, 1.82) is 0 Å². The summed E-state index contributed by atoms with van der Waals surface area (Å²) in [5.41, 5.74) is 3.10. The van der Waals surface area contributed by atoms with Gasteiger partial charge in [-0.1, -0.05) is 20.3 Å². The van der Waals surface area contributed by atoms with Gasteiger partial charge < -0.3 is 4.74 Å². The summed E-state index contributed by atoms with van der Waals surface area (Å²) < 4.78 is 5.80. The van der Waals surface area contributed by atoms with Gasteiger partial charge in [0, 0.05) is 7.11 Å². The van der Waals surface area contributed by atoms with Gasteiger partial charge in [-0.05, 0) is 49.9 Å². The van der Waals surface area contributed by atoms with Crippen LogP contribution in [0.3, 0.4) is 0 Å². The molecule has 4 unspecified atom stereocenters. The van der Waals surface area contributed by atoms with Gasteiger partial charge in [0.1, 0.15) is 0 Å². The average Bonchev–Trinajstić information content (AvgIpc) is 2.27. The standard InChI is InChI=1S/C14H28N2O/c1-10-5-6-12(9-11(10)2)13(16-15)14(17-3)7-4-8-14/h10-13,16H,4-9,15H2,1-3H3. The lowest BCUT2D eigenvalue weighted by molar-refractivity contribution is -0.117. The molecule has 2 fully saturated rings. The Bertz CT molecular complexity index is 247. The van der Waals surface area contributed by atoms with E-state index in [0.29, 0.717) is 12.0 Å². The van der Waals surface area contributed by atoms with Crippen molar-refractivity contribution in [2.24, 2.45) is 23.6 Å². The summed E-state index contributed by atoms with van der Waals surface area (Å²) in [5.74, 6) is 8.19. The molecule has 0 aliphatic heterocycles. The molecule has 2 rings (SSSR count). The number of hydrogen-bond acceptors (Lipinski definition) is 3. The largest absolute Gasteiger partial charge is 0.377 e. The zero-order valence-electron chi connectivity index (χ0n) is 11.5. The number of ether oxygens (including phenoxy) is 1. The minimum atomic E-state index is 0.0275. The van der Waals surface area contributed by atoms with Crippen LogP contribution in [0.1, 0.15) is 52.4 Å². The zero-order chi connectivity index (χ0) is 12.5. The van der Waals surface area contributed by atoms with Gasteiger partial charge in [-0.15, -0.1) is 0 Å². The SMILES string of the molecule is COC1(C(NN)C2CCC(C)C(C)C2)CCC1. The Labute approximate surface area is 105 Å². The number of nitrogens with one attached hydrogen (secondary N) is 1. The van der Waals surface area contributed by atoms with Gasteiger partial charge in [-0.2, -0.15) is 0 Å². The van der Waals surface area contributed by atoms with E-state index >= 15 is 0 Å². The Morgan fingerprint density at radius 2 is 1.94 bits per heavy atom. The Morgan fingerprint density at radius 3 is 2.35 bits per heavy atom. The van der Waals surface area contributed by atoms with E-state index in [1.807, 2.05) is 7.11 Å². The summed E-state index contributed by atoms with van der Waals surface area (Å²) in [7, 11) is 1.85. The molecule has 2 saturated carbocycles. The predicted molar refractivity (Wildman–Crippen MR) is 70.4 cm³/mol. The second-order valence-corrected chi connectivity index (χ2v) is 6.29. The molecule has 3 N–H and O–H groups in total. The summed E-state index contributed by atoms with van der Waals surface area (Å²) in [6.45, 7) is 4.76. The van der Waals surface area contributed by atoms with Crippen LogP contribution in [0.4, 0.5) is 0 Å². The fraction of sp³-hybridized carbons (Fsp3) is 1.00. The van der Waals surface area contributed by atoms with Crippen molar-refractivity contribution in [3.05, 3.63) is 0 Å². The summed E-state index contributed by atoms with van der Waals surface area (Å²) in [6, 6.07) is 0.344. The summed E-state index contributed by atoms with van der Waals surface area (Å²) in [5, 5.41) is 0. The number of hydrazine groups is 1. The van der Waals surface area contributed by atoms with Gasteiger partial charge in [0.15, 0.2) is 0 Å². The van der Waals surface area contributed by atoms with E-state index in [2.05, 4.69) is 19.3 Å². The van der Waals surface area contributed by atoms with Gasteiger partial charge in [0.05, 0.1) is 11.6 Å². The van der Waals surface area contributed by atoms with Crippen LogP contribution in [0.25, 0.3) is 0 Å². The molecule has 0 saturated heterocycles. The topological polar surface area (TPSA) is 47.3 Å². The van der Waals surface area contributed by atoms with Crippen molar-refractivity contribution in [3.63, 3.8) is 0 Å². The summed E-state index contributed by atoms with van der Waals surface area (Å²) in [6.07, 6.45) is 7.54. The molecule has 0 aromatic rings. The molecular weight excluding hydrogens is 212 g/mol. The Kier molecular flexibility index (Phi) is 4.11. The van der Waals surface area contributed by atoms with Gasteiger partial charge in [-0.25, -0.2) is 0 Å². The highest BCUT2D eigenvalue weighted by Crippen LogP contribution is 2.45. The van der Waals surface area contributed by atoms with Crippen LogP contribution in [-0.2, 0) is 4.74 Å². The highest BCUT2D eigenvalue weighted by molar-refractivity contribution is 5.02. The van der Waals surface area contributed by atoms with Crippen molar-refractivity contribution in [3.8, 4) is 0 Å². The predicted octanol–water partition coefficient (Wildman–Crippen LogP) is 2.46. The first kappa shape index (κ1) is 13.3. The van der Waals surface area contributed by atoms with E-state index in [1.54, 1.807) is 0 Å². The molecular formula is C14H28N2O. The van der Waals surface area contributed by atoms with Crippen LogP contribution in [-0.4, -0.2) is 18.8 Å². The first-order chi connectivity index (χ1) is 8.13. The third-order valence-electron chi connectivity index (χ3n) is 5.46. The average molecular weight is 240 g/mol. The van der Waals surface area contributed by atoms with E-state index in [-0.39, 0.29) is 5.60 Å². The molecule has 2 aliphatic carbocycles. The Balaban J connectivity index is 2.03. The lowest BCUT2D eigenvalue weighted by Gasteiger charge is -2.50. The first-order valence-corrected chi connectivity index (χ1v) is 7.14. The maximum absolute atomic E-state index is 5.82. The van der Waals surface area contributed by atoms with E-state index < -0.39 is 0 Å². The second-order valence-electron chi connectivity index (χ2n) is 6.29. The molecule has 3 heteroatoms. The molecule has 100 valence electrons. The van der Waals surface area contributed by atoms with Crippen molar-refractivity contribution in [2.75, 3.05) is 7.11 Å². The summed E-state index contributed by atoms with van der Waals surface area (Å²) in [4.78, 5) is 0. The normalized spacial score (nSPS) is 38.5. The molecule has 0 bridgehead atoms. The molecule has 0 amide bonds. The third-order valence-corrected chi connectivity index (χ3v) is 5.46. The molecule has 0 aromatic carbocycles. The van der Waals surface area contributed by atoms with Crippen molar-refractivity contribution in [2.45, 2.75) is 64.0 Å². The van der Waals surface area contributed by atoms with Crippen molar-refractivity contribution < 1.29 is 4.74 Å². The highest BCUT2D eigenvalue weighted by Gasteiger charge is 2.48. The highest BCUT2D eigenvalue weighted by atomic mass is 16.5. The maximum Gasteiger partial charge on any atom is 0.0847 e. The van der Waals surface area contributed by atoms with Crippen LogP contribution in [0, 0.1) is 17.8 Å². The third kappa shape index (κ3) is 2.38.